The Balaban J connectivity index is 2.64. The SMILES string of the molecule is CC(C)c1nc2nccc(C(C)N)c2[nH]1. The lowest BCUT2D eigenvalue weighted by atomic mass is 10.1. The van der Waals surface area contributed by atoms with Crippen molar-refractivity contribution in [3.8, 4) is 0 Å². The maximum Gasteiger partial charge on any atom is 0.178 e. The third-order valence-corrected chi connectivity index (χ3v) is 2.48. The predicted molar refractivity (Wildman–Crippen MR) is 60.6 cm³/mol. The number of hydrogen-bond donors (Lipinski definition) is 2. The summed E-state index contributed by atoms with van der Waals surface area (Å²) in [6.07, 6.45) is 1.76. The topological polar surface area (TPSA) is 67.6 Å². The Morgan fingerprint density at radius 1 is 1.33 bits per heavy atom. The highest BCUT2D eigenvalue weighted by atomic mass is 15.0. The summed E-state index contributed by atoms with van der Waals surface area (Å²) in [6, 6.07) is 1.94. The minimum Gasteiger partial charge on any atom is -0.340 e. The van der Waals surface area contributed by atoms with Crippen LogP contribution in [0.1, 0.15) is 44.1 Å². The maximum absolute atomic E-state index is 5.89. The molecular formula is C11H16N4. The molecule has 0 radical (unpaired) electrons. The number of nitrogens with two attached hydrogens (primary N) is 1. The number of hydrogen-bond acceptors (Lipinski definition) is 3. The first kappa shape index (κ1) is 10.1. The van der Waals surface area contributed by atoms with Crippen LogP contribution in [0.3, 0.4) is 0 Å². The molecule has 0 bridgehead atoms. The van der Waals surface area contributed by atoms with Crippen molar-refractivity contribution < 1.29 is 0 Å². The number of aromatic amines is 1. The van der Waals surface area contributed by atoms with Gasteiger partial charge in [-0.25, -0.2) is 9.97 Å². The Morgan fingerprint density at radius 2 is 2.07 bits per heavy atom. The van der Waals surface area contributed by atoms with Gasteiger partial charge in [-0.3, -0.25) is 0 Å². The van der Waals surface area contributed by atoms with E-state index in [1.165, 1.54) is 0 Å². The standard InChI is InChI=1S/C11H16N4/c1-6(2)10-14-9-8(7(3)12)4-5-13-11(9)15-10/h4-7H,12H2,1-3H3,(H,13,14,15). The Kier molecular flexibility index (Phi) is 2.44. The Hall–Kier alpha value is -1.42. The average Bonchev–Trinajstić information content (AvgIpc) is 2.60. The largest absolute Gasteiger partial charge is 0.340 e. The lowest BCUT2D eigenvalue weighted by Gasteiger charge is -2.05. The van der Waals surface area contributed by atoms with Gasteiger partial charge in [-0.15, -0.1) is 0 Å². The van der Waals surface area contributed by atoms with Crippen LogP contribution in [0, 0.1) is 0 Å². The van der Waals surface area contributed by atoms with Crippen molar-refractivity contribution in [1.82, 2.24) is 15.0 Å². The van der Waals surface area contributed by atoms with Crippen LogP contribution in [0.25, 0.3) is 11.2 Å². The summed E-state index contributed by atoms with van der Waals surface area (Å²) in [4.78, 5) is 12.0. The zero-order chi connectivity index (χ0) is 11.0. The van der Waals surface area contributed by atoms with Crippen molar-refractivity contribution in [3.05, 3.63) is 23.7 Å². The fourth-order valence-corrected chi connectivity index (χ4v) is 1.60. The van der Waals surface area contributed by atoms with E-state index in [-0.39, 0.29) is 6.04 Å². The van der Waals surface area contributed by atoms with Gasteiger partial charge in [0, 0.05) is 18.2 Å². The second-order valence-electron chi connectivity index (χ2n) is 4.16. The molecule has 2 aromatic rings. The van der Waals surface area contributed by atoms with Crippen molar-refractivity contribution in [2.75, 3.05) is 0 Å². The number of nitrogens with zero attached hydrogens (tertiary/aromatic N) is 2. The number of rotatable bonds is 2. The molecule has 0 aliphatic heterocycles. The van der Waals surface area contributed by atoms with E-state index in [4.69, 9.17) is 5.73 Å². The highest BCUT2D eigenvalue weighted by Gasteiger charge is 2.12. The molecule has 1 unspecified atom stereocenters. The number of imidazole rings is 1. The molecule has 1 atom stereocenters. The molecule has 15 heavy (non-hydrogen) atoms. The highest BCUT2D eigenvalue weighted by molar-refractivity contribution is 5.75. The number of nitrogens with one attached hydrogen (secondary N) is 1. The lowest BCUT2D eigenvalue weighted by Crippen LogP contribution is -2.05. The summed E-state index contributed by atoms with van der Waals surface area (Å²) in [5.41, 5.74) is 8.69. The van der Waals surface area contributed by atoms with Crippen LogP contribution in [0.2, 0.25) is 0 Å². The molecule has 0 saturated carbocycles. The van der Waals surface area contributed by atoms with Crippen molar-refractivity contribution in [2.45, 2.75) is 32.7 Å². The monoisotopic (exact) mass is 204 g/mol. The summed E-state index contributed by atoms with van der Waals surface area (Å²) in [5.74, 6) is 1.34. The quantitative estimate of drug-likeness (QED) is 0.787. The molecular weight excluding hydrogens is 188 g/mol. The minimum absolute atomic E-state index is 0.00374. The van der Waals surface area contributed by atoms with Crippen molar-refractivity contribution in [2.24, 2.45) is 5.73 Å². The Labute approximate surface area is 88.9 Å². The van der Waals surface area contributed by atoms with E-state index >= 15 is 0 Å². The average molecular weight is 204 g/mol. The maximum atomic E-state index is 5.89. The molecule has 4 heteroatoms. The van der Waals surface area contributed by atoms with Gasteiger partial charge in [0.2, 0.25) is 0 Å². The van der Waals surface area contributed by atoms with E-state index in [1.54, 1.807) is 6.20 Å². The van der Waals surface area contributed by atoms with E-state index in [0.717, 1.165) is 22.6 Å². The lowest BCUT2D eigenvalue weighted by molar-refractivity contribution is 0.794. The van der Waals surface area contributed by atoms with Crippen LogP contribution in [0.5, 0.6) is 0 Å². The fraction of sp³-hybridized carbons (Fsp3) is 0.455. The molecule has 2 heterocycles. The van der Waals surface area contributed by atoms with Gasteiger partial charge in [0.1, 0.15) is 5.82 Å². The van der Waals surface area contributed by atoms with E-state index < -0.39 is 0 Å². The van der Waals surface area contributed by atoms with Crippen molar-refractivity contribution in [3.63, 3.8) is 0 Å². The normalized spacial score (nSPS) is 13.7. The van der Waals surface area contributed by atoms with Gasteiger partial charge in [0.25, 0.3) is 0 Å². The third-order valence-electron chi connectivity index (χ3n) is 2.48. The van der Waals surface area contributed by atoms with Crippen molar-refractivity contribution >= 4 is 11.2 Å². The fourth-order valence-electron chi connectivity index (χ4n) is 1.60. The third kappa shape index (κ3) is 1.72. The Morgan fingerprint density at radius 3 is 2.67 bits per heavy atom. The molecule has 0 saturated heterocycles. The molecule has 80 valence electrons. The van der Waals surface area contributed by atoms with Gasteiger partial charge < -0.3 is 10.7 Å². The van der Waals surface area contributed by atoms with Crippen LogP contribution in [-0.4, -0.2) is 15.0 Å². The number of aromatic nitrogens is 3. The van der Waals surface area contributed by atoms with Crippen LogP contribution in [-0.2, 0) is 0 Å². The van der Waals surface area contributed by atoms with Gasteiger partial charge in [-0.05, 0) is 18.6 Å². The Bertz CT molecular complexity index is 470. The van der Waals surface area contributed by atoms with E-state index in [1.807, 2.05) is 13.0 Å². The first-order chi connectivity index (χ1) is 7.09. The van der Waals surface area contributed by atoms with Crippen LogP contribution in [0.4, 0.5) is 0 Å². The zero-order valence-electron chi connectivity index (χ0n) is 9.28. The number of pyridine rings is 1. The van der Waals surface area contributed by atoms with Gasteiger partial charge in [0.15, 0.2) is 5.65 Å². The molecule has 3 N–H and O–H groups in total. The zero-order valence-corrected chi connectivity index (χ0v) is 9.28. The summed E-state index contributed by atoms with van der Waals surface area (Å²) in [7, 11) is 0. The summed E-state index contributed by atoms with van der Waals surface area (Å²) >= 11 is 0. The molecule has 0 spiro atoms. The molecule has 0 aliphatic carbocycles. The van der Waals surface area contributed by atoms with E-state index in [0.29, 0.717) is 5.92 Å². The molecule has 0 aromatic carbocycles. The molecule has 0 aliphatic rings. The smallest absolute Gasteiger partial charge is 0.178 e. The second kappa shape index (κ2) is 3.62. The molecule has 2 aromatic heterocycles. The molecule has 4 nitrogen and oxygen atoms in total. The van der Waals surface area contributed by atoms with Crippen LogP contribution in [0.15, 0.2) is 12.3 Å². The van der Waals surface area contributed by atoms with Gasteiger partial charge in [-0.2, -0.15) is 0 Å². The minimum atomic E-state index is -0.00374. The first-order valence-corrected chi connectivity index (χ1v) is 5.19. The summed E-state index contributed by atoms with van der Waals surface area (Å²) < 4.78 is 0. The number of H-pyrrole nitrogens is 1. The van der Waals surface area contributed by atoms with Crippen LogP contribution >= 0.6 is 0 Å². The first-order valence-electron chi connectivity index (χ1n) is 5.19. The van der Waals surface area contributed by atoms with Gasteiger partial charge in [0.05, 0.1) is 5.52 Å². The summed E-state index contributed by atoms with van der Waals surface area (Å²) in [6.45, 7) is 6.16. The van der Waals surface area contributed by atoms with E-state index in [2.05, 4.69) is 28.8 Å². The van der Waals surface area contributed by atoms with Gasteiger partial charge >= 0.3 is 0 Å². The predicted octanol–water partition coefficient (Wildman–Crippen LogP) is 2.10. The van der Waals surface area contributed by atoms with Gasteiger partial charge in [-0.1, -0.05) is 13.8 Å². The second-order valence-corrected chi connectivity index (χ2v) is 4.16. The van der Waals surface area contributed by atoms with Crippen molar-refractivity contribution in [1.29, 1.82) is 0 Å². The summed E-state index contributed by atoms with van der Waals surface area (Å²) in [5, 5.41) is 0. The molecule has 0 amide bonds. The van der Waals surface area contributed by atoms with Crippen LogP contribution < -0.4 is 5.73 Å². The molecule has 0 fully saturated rings. The number of fused-ring (bicyclic) bond motifs is 1. The van der Waals surface area contributed by atoms with E-state index in [9.17, 15) is 0 Å². The molecule has 2 rings (SSSR count). The highest BCUT2D eigenvalue weighted by Crippen LogP contribution is 2.21.